The fraction of sp³-hybridized carbons (Fsp3) is 0.370. The lowest BCUT2D eigenvalue weighted by molar-refractivity contribution is 0.0356. The van der Waals surface area contributed by atoms with Crippen molar-refractivity contribution >= 4 is 17.6 Å². The maximum atomic E-state index is 13.6. The summed E-state index contributed by atoms with van der Waals surface area (Å²) in [5.74, 6) is 0.887. The molecular formula is C27H30N6O6. The van der Waals surface area contributed by atoms with Crippen LogP contribution in [0.2, 0.25) is 0 Å². The van der Waals surface area contributed by atoms with Crippen LogP contribution < -0.4 is 19.5 Å². The van der Waals surface area contributed by atoms with Gasteiger partial charge in [0.1, 0.15) is 18.0 Å². The Labute approximate surface area is 225 Å². The molecule has 0 spiro atoms. The molecular weight excluding hydrogens is 504 g/mol. The summed E-state index contributed by atoms with van der Waals surface area (Å²) < 4.78 is 17.0. The fourth-order valence-electron chi connectivity index (χ4n) is 4.47. The molecule has 12 nitrogen and oxygen atoms in total. The van der Waals surface area contributed by atoms with Crippen molar-refractivity contribution in [2.75, 3.05) is 38.9 Å². The molecule has 0 aliphatic carbocycles. The molecule has 12 heteroatoms. The van der Waals surface area contributed by atoms with E-state index in [1.165, 1.54) is 11.2 Å². The normalized spacial score (nSPS) is 18.9. The van der Waals surface area contributed by atoms with Gasteiger partial charge in [-0.2, -0.15) is 0 Å². The molecule has 0 fully saturated rings. The zero-order valence-electron chi connectivity index (χ0n) is 21.9. The number of pyridine rings is 1. The first-order chi connectivity index (χ1) is 18.8. The number of urea groups is 1. The minimum atomic E-state index is -0.490. The zero-order chi connectivity index (χ0) is 27.5. The van der Waals surface area contributed by atoms with Crippen LogP contribution in [-0.4, -0.2) is 87.5 Å². The highest BCUT2D eigenvalue weighted by atomic mass is 16.7. The number of carbonyl (C=O) groups excluding carboxylic acids is 2. The van der Waals surface area contributed by atoms with Crippen LogP contribution in [0.15, 0.2) is 49.2 Å². The minimum absolute atomic E-state index is 0.147. The first kappa shape index (κ1) is 26.2. The summed E-state index contributed by atoms with van der Waals surface area (Å²) in [6.07, 6.45) is 5.81. The van der Waals surface area contributed by atoms with Crippen molar-refractivity contribution in [1.82, 2.24) is 24.8 Å². The number of fused-ring (bicyclic) bond motifs is 2. The maximum absolute atomic E-state index is 13.6. The molecule has 3 aromatic rings. The Morgan fingerprint density at radius 3 is 2.72 bits per heavy atom. The van der Waals surface area contributed by atoms with Crippen LogP contribution in [0.1, 0.15) is 24.2 Å². The number of amides is 3. The number of rotatable bonds is 6. The van der Waals surface area contributed by atoms with E-state index in [0.29, 0.717) is 34.9 Å². The molecule has 204 valence electrons. The Balaban J connectivity index is 1.38. The standard InChI is InChI=1S/C27H30N6O6/c1-16-11-33(17(2)13-34)26(35)21-6-18(19-8-28-14-29-9-19)10-30-25(21)39-24(16)12-32(3)27(36)31-20-4-5-22-23(7-20)38-15-37-22/h4-10,14,16-17,24,34H,11-13,15H2,1-3H3,(H,31,36)/t16-,17-,24+/m1/s1. The van der Waals surface area contributed by atoms with E-state index >= 15 is 0 Å². The monoisotopic (exact) mass is 534 g/mol. The van der Waals surface area contributed by atoms with Crippen molar-refractivity contribution in [2.24, 2.45) is 5.92 Å². The molecule has 39 heavy (non-hydrogen) atoms. The number of ether oxygens (including phenoxy) is 3. The average Bonchev–Trinajstić information content (AvgIpc) is 3.42. The molecule has 0 unspecified atom stereocenters. The van der Waals surface area contributed by atoms with E-state index in [-0.39, 0.29) is 49.2 Å². The van der Waals surface area contributed by atoms with Gasteiger partial charge in [0.05, 0.1) is 19.2 Å². The smallest absolute Gasteiger partial charge is 0.321 e. The van der Waals surface area contributed by atoms with Gasteiger partial charge < -0.3 is 34.4 Å². The molecule has 3 atom stereocenters. The molecule has 5 rings (SSSR count). The topological polar surface area (TPSA) is 139 Å². The van der Waals surface area contributed by atoms with Crippen molar-refractivity contribution in [3.05, 3.63) is 54.7 Å². The van der Waals surface area contributed by atoms with Crippen molar-refractivity contribution in [1.29, 1.82) is 0 Å². The lowest BCUT2D eigenvalue weighted by Gasteiger charge is -2.37. The summed E-state index contributed by atoms with van der Waals surface area (Å²) >= 11 is 0. The third kappa shape index (κ3) is 5.55. The van der Waals surface area contributed by atoms with Crippen molar-refractivity contribution in [2.45, 2.75) is 26.0 Å². The molecule has 3 amide bonds. The summed E-state index contributed by atoms with van der Waals surface area (Å²) in [7, 11) is 1.67. The molecule has 2 aliphatic rings. The van der Waals surface area contributed by atoms with Gasteiger partial charge in [0.2, 0.25) is 12.7 Å². The lowest BCUT2D eigenvalue weighted by atomic mass is 9.99. The highest BCUT2D eigenvalue weighted by molar-refractivity contribution is 5.98. The second kappa shape index (κ2) is 11.1. The van der Waals surface area contributed by atoms with Gasteiger partial charge in [0, 0.05) is 61.0 Å². The number of aliphatic hydroxyl groups is 1. The first-order valence-corrected chi connectivity index (χ1v) is 12.6. The minimum Gasteiger partial charge on any atom is -0.472 e. The fourth-order valence-corrected chi connectivity index (χ4v) is 4.47. The summed E-state index contributed by atoms with van der Waals surface area (Å²) in [5.41, 5.74) is 2.20. The zero-order valence-corrected chi connectivity index (χ0v) is 21.9. The van der Waals surface area contributed by atoms with Crippen LogP contribution in [0.4, 0.5) is 10.5 Å². The predicted molar refractivity (Wildman–Crippen MR) is 141 cm³/mol. The molecule has 1 aromatic carbocycles. The van der Waals surface area contributed by atoms with Crippen molar-refractivity contribution < 1.29 is 28.9 Å². The van der Waals surface area contributed by atoms with Gasteiger partial charge in [-0.05, 0) is 25.1 Å². The quantitative estimate of drug-likeness (QED) is 0.489. The second-order valence-corrected chi connectivity index (χ2v) is 9.71. The number of hydrogen-bond donors (Lipinski definition) is 2. The molecule has 2 aromatic heterocycles. The van der Waals surface area contributed by atoms with E-state index < -0.39 is 12.1 Å². The van der Waals surface area contributed by atoms with E-state index in [2.05, 4.69) is 20.3 Å². The number of benzene rings is 1. The van der Waals surface area contributed by atoms with Crippen LogP contribution in [0, 0.1) is 5.92 Å². The van der Waals surface area contributed by atoms with Gasteiger partial charge >= 0.3 is 6.03 Å². The van der Waals surface area contributed by atoms with E-state index in [4.69, 9.17) is 14.2 Å². The number of carbonyl (C=O) groups is 2. The summed E-state index contributed by atoms with van der Waals surface area (Å²) in [6.45, 7) is 4.22. The summed E-state index contributed by atoms with van der Waals surface area (Å²) in [6, 6.07) is 6.12. The number of anilines is 1. The Morgan fingerprint density at radius 2 is 1.95 bits per heavy atom. The third-order valence-corrected chi connectivity index (χ3v) is 6.84. The van der Waals surface area contributed by atoms with Crippen LogP contribution in [0.25, 0.3) is 11.1 Å². The molecule has 0 bridgehead atoms. The highest BCUT2D eigenvalue weighted by Gasteiger charge is 2.35. The molecule has 0 saturated heterocycles. The largest absolute Gasteiger partial charge is 0.472 e. The third-order valence-electron chi connectivity index (χ3n) is 6.84. The Bertz CT molecular complexity index is 1360. The average molecular weight is 535 g/mol. The second-order valence-electron chi connectivity index (χ2n) is 9.71. The van der Waals surface area contributed by atoms with Crippen LogP contribution in [-0.2, 0) is 0 Å². The van der Waals surface area contributed by atoms with Gasteiger partial charge in [0.25, 0.3) is 5.91 Å². The number of nitrogens with one attached hydrogen (secondary N) is 1. The summed E-state index contributed by atoms with van der Waals surface area (Å²) in [5, 5.41) is 12.7. The van der Waals surface area contributed by atoms with Gasteiger partial charge in [0.15, 0.2) is 11.5 Å². The maximum Gasteiger partial charge on any atom is 0.321 e. The molecule has 0 saturated carbocycles. The highest BCUT2D eigenvalue weighted by Crippen LogP contribution is 2.34. The Morgan fingerprint density at radius 1 is 1.18 bits per heavy atom. The van der Waals surface area contributed by atoms with E-state index in [0.717, 1.165) is 0 Å². The molecule has 2 aliphatic heterocycles. The number of likely N-dealkylation sites (N-methyl/N-ethyl adjacent to an activating group) is 1. The number of aromatic nitrogens is 3. The molecule has 4 heterocycles. The van der Waals surface area contributed by atoms with Crippen molar-refractivity contribution in [3.8, 4) is 28.5 Å². The Hall–Kier alpha value is -4.45. The van der Waals surface area contributed by atoms with Crippen LogP contribution in [0.5, 0.6) is 17.4 Å². The SMILES string of the molecule is C[C@@H]1CN([C@H](C)CO)C(=O)c2cc(-c3cncnc3)cnc2O[C@H]1CN(C)C(=O)Nc1ccc2c(c1)OCO2. The number of nitrogens with zero attached hydrogens (tertiary/aromatic N) is 5. The van der Waals surface area contributed by atoms with E-state index in [9.17, 15) is 14.7 Å². The van der Waals surface area contributed by atoms with Crippen molar-refractivity contribution in [3.63, 3.8) is 0 Å². The van der Waals surface area contributed by atoms with Gasteiger partial charge in [-0.3, -0.25) is 4.79 Å². The molecule has 2 N–H and O–H groups in total. The van der Waals surface area contributed by atoms with Gasteiger partial charge in [-0.25, -0.2) is 19.7 Å². The number of aliphatic hydroxyl groups excluding tert-OH is 1. The van der Waals surface area contributed by atoms with Gasteiger partial charge in [-0.15, -0.1) is 0 Å². The van der Waals surface area contributed by atoms with Gasteiger partial charge in [-0.1, -0.05) is 6.92 Å². The van der Waals surface area contributed by atoms with Crippen LogP contribution in [0.3, 0.4) is 0 Å². The molecule has 0 radical (unpaired) electrons. The van der Waals surface area contributed by atoms with E-state index in [1.54, 1.807) is 61.7 Å². The first-order valence-electron chi connectivity index (χ1n) is 12.6. The number of hydrogen-bond acceptors (Lipinski definition) is 9. The van der Waals surface area contributed by atoms with Crippen LogP contribution >= 0.6 is 0 Å². The predicted octanol–water partition coefficient (Wildman–Crippen LogP) is 2.65. The van der Waals surface area contributed by atoms with E-state index in [1.807, 2.05) is 6.92 Å². The summed E-state index contributed by atoms with van der Waals surface area (Å²) in [4.78, 5) is 42.3. The Kier molecular flexibility index (Phi) is 7.46. The lowest BCUT2D eigenvalue weighted by Crippen LogP contribution is -2.50.